The number of halogens is 1. The summed E-state index contributed by atoms with van der Waals surface area (Å²) in [5, 5.41) is 9.61. The minimum Gasteiger partial charge on any atom is -0.480 e. The lowest BCUT2D eigenvalue weighted by Gasteiger charge is -2.33. The highest BCUT2D eigenvalue weighted by Gasteiger charge is 2.46. The van der Waals surface area contributed by atoms with Crippen LogP contribution in [0.15, 0.2) is 29.2 Å². The molecular formula is C15H18ClNO3S. The average molecular weight is 328 g/mol. The smallest absolute Gasteiger partial charge is 0.329 e. The maximum absolute atomic E-state index is 12.6. The van der Waals surface area contributed by atoms with Crippen molar-refractivity contribution in [2.75, 3.05) is 6.54 Å². The number of carbonyl (C=O) groups is 2. The minimum atomic E-state index is -1.09. The third-order valence-electron chi connectivity index (χ3n) is 3.86. The van der Waals surface area contributed by atoms with Crippen molar-refractivity contribution < 1.29 is 14.7 Å². The Morgan fingerprint density at radius 3 is 2.71 bits per heavy atom. The number of carbonyl (C=O) groups excluding carboxylic acids is 1. The number of carboxylic acid groups (broad SMARTS) is 1. The third-order valence-corrected chi connectivity index (χ3v) is 5.46. The molecular weight excluding hydrogens is 310 g/mol. The second-order valence-electron chi connectivity index (χ2n) is 5.36. The van der Waals surface area contributed by atoms with Gasteiger partial charge in [-0.25, -0.2) is 4.79 Å². The maximum Gasteiger partial charge on any atom is 0.329 e. The number of likely N-dealkylation sites (tertiary alicyclic amines) is 1. The zero-order valence-electron chi connectivity index (χ0n) is 12.0. The van der Waals surface area contributed by atoms with Crippen LogP contribution in [0.4, 0.5) is 0 Å². The lowest BCUT2D eigenvalue weighted by molar-refractivity contribution is -0.155. The van der Waals surface area contributed by atoms with Gasteiger partial charge in [0.2, 0.25) is 5.91 Å². The topological polar surface area (TPSA) is 57.6 Å². The number of nitrogens with zero attached hydrogens (tertiary/aromatic N) is 1. The Morgan fingerprint density at radius 2 is 2.10 bits per heavy atom. The lowest BCUT2D eigenvalue weighted by Crippen LogP contribution is -2.52. The van der Waals surface area contributed by atoms with E-state index >= 15 is 0 Å². The SMILES string of the molecule is CC(Sc1ccccc1Cl)C(=O)N1CCCC1(C)C(=O)O. The van der Waals surface area contributed by atoms with E-state index in [2.05, 4.69) is 0 Å². The third kappa shape index (κ3) is 3.19. The van der Waals surface area contributed by atoms with Gasteiger partial charge < -0.3 is 10.0 Å². The summed E-state index contributed by atoms with van der Waals surface area (Å²) in [6.45, 7) is 3.90. The van der Waals surface area contributed by atoms with E-state index in [0.717, 1.165) is 11.3 Å². The molecule has 0 saturated carbocycles. The molecule has 1 fully saturated rings. The van der Waals surface area contributed by atoms with Crippen molar-refractivity contribution >= 4 is 35.2 Å². The Morgan fingerprint density at radius 1 is 1.43 bits per heavy atom. The van der Waals surface area contributed by atoms with Crippen LogP contribution >= 0.6 is 23.4 Å². The summed E-state index contributed by atoms with van der Waals surface area (Å²) in [5.74, 6) is -1.09. The van der Waals surface area contributed by atoms with E-state index in [0.29, 0.717) is 18.0 Å². The second-order valence-corrected chi connectivity index (χ2v) is 7.15. The highest BCUT2D eigenvalue weighted by Crippen LogP contribution is 2.35. The molecule has 0 aromatic heterocycles. The van der Waals surface area contributed by atoms with Crippen LogP contribution in [-0.4, -0.2) is 39.2 Å². The lowest BCUT2D eigenvalue weighted by atomic mass is 9.99. The first kappa shape index (κ1) is 16.2. The monoisotopic (exact) mass is 327 g/mol. The van der Waals surface area contributed by atoms with Crippen LogP contribution in [0.3, 0.4) is 0 Å². The van der Waals surface area contributed by atoms with E-state index in [9.17, 15) is 14.7 Å². The Kier molecular flexibility index (Phi) is 4.84. The van der Waals surface area contributed by atoms with E-state index in [1.54, 1.807) is 19.9 Å². The molecule has 1 heterocycles. The standard InChI is InChI=1S/C15H18ClNO3S/c1-10(21-12-7-4-3-6-11(12)16)13(18)17-9-5-8-15(17,2)14(19)20/h3-4,6-7,10H,5,8-9H2,1-2H3,(H,19,20). The van der Waals surface area contributed by atoms with Gasteiger partial charge in [0.15, 0.2) is 0 Å². The Bertz CT molecular complexity index is 566. The molecule has 1 aromatic carbocycles. The molecule has 21 heavy (non-hydrogen) atoms. The van der Waals surface area contributed by atoms with Gasteiger partial charge in [-0.2, -0.15) is 0 Å². The summed E-state index contributed by atoms with van der Waals surface area (Å²) >= 11 is 7.46. The number of hydrogen-bond donors (Lipinski definition) is 1. The molecule has 1 amide bonds. The molecule has 1 aliphatic heterocycles. The molecule has 6 heteroatoms. The minimum absolute atomic E-state index is 0.151. The van der Waals surface area contributed by atoms with E-state index in [4.69, 9.17) is 11.6 Å². The first-order valence-electron chi connectivity index (χ1n) is 6.82. The summed E-state index contributed by atoms with van der Waals surface area (Å²) in [6.07, 6.45) is 1.22. The first-order valence-corrected chi connectivity index (χ1v) is 8.08. The van der Waals surface area contributed by atoms with Gasteiger partial charge in [-0.15, -0.1) is 11.8 Å². The molecule has 4 nitrogen and oxygen atoms in total. The number of benzene rings is 1. The summed E-state index contributed by atoms with van der Waals surface area (Å²) in [6, 6.07) is 7.33. The molecule has 2 rings (SSSR count). The van der Waals surface area contributed by atoms with Crippen molar-refractivity contribution in [1.82, 2.24) is 4.90 Å². The number of thioether (sulfide) groups is 1. The molecule has 1 N–H and O–H groups in total. The van der Waals surface area contributed by atoms with Crippen molar-refractivity contribution in [1.29, 1.82) is 0 Å². The molecule has 0 aliphatic carbocycles. The molecule has 114 valence electrons. The van der Waals surface area contributed by atoms with Crippen molar-refractivity contribution in [2.45, 2.75) is 42.4 Å². The zero-order chi connectivity index (χ0) is 15.6. The quantitative estimate of drug-likeness (QED) is 0.862. The number of hydrogen-bond acceptors (Lipinski definition) is 3. The second kappa shape index (κ2) is 6.28. The fourth-order valence-corrected chi connectivity index (χ4v) is 3.76. The van der Waals surface area contributed by atoms with Gasteiger partial charge in [0.1, 0.15) is 5.54 Å². The van der Waals surface area contributed by atoms with E-state index in [1.807, 2.05) is 18.2 Å². The van der Waals surface area contributed by atoms with Gasteiger partial charge in [-0.05, 0) is 38.8 Å². The molecule has 1 aromatic rings. The Hall–Kier alpha value is -1.20. The van der Waals surface area contributed by atoms with Gasteiger partial charge in [0.25, 0.3) is 0 Å². The van der Waals surface area contributed by atoms with Crippen molar-refractivity contribution in [3.8, 4) is 0 Å². The maximum atomic E-state index is 12.6. The van der Waals surface area contributed by atoms with Gasteiger partial charge in [0.05, 0.1) is 10.3 Å². The fourth-order valence-electron chi connectivity index (χ4n) is 2.54. The molecule has 0 radical (unpaired) electrons. The van der Waals surface area contributed by atoms with Crippen LogP contribution in [0, 0.1) is 0 Å². The Labute approximate surface area is 133 Å². The fraction of sp³-hybridized carbons (Fsp3) is 0.467. The summed E-state index contributed by atoms with van der Waals surface area (Å²) in [5.41, 5.74) is -1.09. The molecule has 1 aliphatic rings. The summed E-state index contributed by atoms with van der Waals surface area (Å²) in [4.78, 5) is 26.4. The van der Waals surface area contributed by atoms with E-state index in [-0.39, 0.29) is 11.2 Å². The number of rotatable bonds is 4. The molecule has 2 atom stereocenters. The summed E-state index contributed by atoms with van der Waals surface area (Å²) < 4.78 is 0. The molecule has 1 saturated heterocycles. The van der Waals surface area contributed by atoms with Crippen LogP contribution in [0.5, 0.6) is 0 Å². The van der Waals surface area contributed by atoms with Crippen LogP contribution < -0.4 is 0 Å². The largest absolute Gasteiger partial charge is 0.480 e. The van der Waals surface area contributed by atoms with Gasteiger partial charge in [-0.3, -0.25) is 4.79 Å². The number of amides is 1. The van der Waals surface area contributed by atoms with Crippen molar-refractivity contribution in [2.24, 2.45) is 0 Å². The highest BCUT2D eigenvalue weighted by atomic mass is 35.5. The molecule has 0 bridgehead atoms. The van der Waals surface area contributed by atoms with Crippen LogP contribution in [-0.2, 0) is 9.59 Å². The highest BCUT2D eigenvalue weighted by molar-refractivity contribution is 8.00. The van der Waals surface area contributed by atoms with Crippen molar-refractivity contribution in [3.05, 3.63) is 29.3 Å². The number of carboxylic acids is 1. The average Bonchev–Trinajstić information content (AvgIpc) is 2.84. The summed E-state index contributed by atoms with van der Waals surface area (Å²) in [7, 11) is 0. The Balaban J connectivity index is 2.13. The van der Waals surface area contributed by atoms with E-state index < -0.39 is 11.5 Å². The van der Waals surface area contributed by atoms with Crippen molar-refractivity contribution in [3.63, 3.8) is 0 Å². The van der Waals surface area contributed by atoms with Crippen LogP contribution in [0.1, 0.15) is 26.7 Å². The first-order chi connectivity index (χ1) is 9.86. The number of aliphatic carboxylic acids is 1. The normalized spacial score (nSPS) is 23.1. The molecule has 2 unspecified atom stereocenters. The van der Waals surface area contributed by atoms with E-state index in [1.165, 1.54) is 16.7 Å². The molecule has 0 spiro atoms. The predicted molar refractivity (Wildman–Crippen MR) is 83.8 cm³/mol. The van der Waals surface area contributed by atoms with Gasteiger partial charge >= 0.3 is 5.97 Å². The van der Waals surface area contributed by atoms with Crippen LogP contribution in [0.25, 0.3) is 0 Å². The van der Waals surface area contributed by atoms with Gasteiger partial charge in [-0.1, -0.05) is 23.7 Å². The predicted octanol–water partition coefficient (Wildman–Crippen LogP) is 3.29. The van der Waals surface area contributed by atoms with Gasteiger partial charge in [0, 0.05) is 11.4 Å². The van der Waals surface area contributed by atoms with Crippen LogP contribution in [0.2, 0.25) is 5.02 Å². The zero-order valence-corrected chi connectivity index (χ0v) is 13.6.